The molecule has 5 heteroatoms. The van der Waals surface area contributed by atoms with E-state index in [0.717, 1.165) is 0 Å². The molecule has 0 bridgehead atoms. The molecule has 19 heavy (non-hydrogen) atoms. The van der Waals surface area contributed by atoms with E-state index in [9.17, 15) is 9.90 Å². The fourth-order valence-corrected chi connectivity index (χ4v) is 1.72. The molecule has 1 amide bonds. The molecular weight excluding hydrogens is 264 g/mol. The minimum Gasteiger partial charge on any atom is -0.387 e. The van der Waals surface area contributed by atoms with Crippen molar-refractivity contribution in [1.82, 2.24) is 10.3 Å². The maximum Gasteiger partial charge on any atom is 0.251 e. The minimum absolute atomic E-state index is 0.142. The Bertz CT molecular complexity index is 543. The number of rotatable bonds is 4. The summed E-state index contributed by atoms with van der Waals surface area (Å²) < 4.78 is 0. The van der Waals surface area contributed by atoms with Crippen LogP contribution in [0.1, 0.15) is 22.0 Å². The lowest BCUT2D eigenvalue weighted by Gasteiger charge is -2.12. The number of aliphatic hydroxyl groups excluding tert-OH is 1. The van der Waals surface area contributed by atoms with Gasteiger partial charge in [0.05, 0.1) is 6.10 Å². The Kier molecular flexibility index (Phi) is 4.49. The molecule has 1 aromatic carbocycles. The van der Waals surface area contributed by atoms with E-state index in [2.05, 4.69) is 10.3 Å². The number of halogens is 1. The van der Waals surface area contributed by atoms with Gasteiger partial charge in [0.15, 0.2) is 0 Å². The molecule has 2 N–H and O–H groups in total. The van der Waals surface area contributed by atoms with Crippen LogP contribution in [-0.4, -0.2) is 22.5 Å². The summed E-state index contributed by atoms with van der Waals surface area (Å²) in [6, 6.07) is 10.1. The zero-order valence-electron chi connectivity index (χ0n) is 10.1. The van der Waals surface area contributed by atoms with Crippen LogP contribution in [0.5, 0.6) is 0 Å². The van der Waals surface area contributed by atoms with Gasteiger partial charge in [-0.2, -0.15) is 0 Å². The summed E-state index contributed by atoms with van der Waals surface area (Å²) in [6.07, 6.45) is 2.33. The molecule has 1 aromatic heterocycles. The Morgan fingerprint density at radius 1 is 1.21 bits per heavy atom. The SMILES string of the molecule is O=C(NC[C@H](O)c1ccc(Cl)cc1)c1ccncc1. The lowest BCUT2D eigenvalue weighted by Crippen LogP contribution is -2.28. The Morgan fingerprint density at radius 3 is 2.47 bits per heavy atom. The number of aliphatic hydroxyl groups is 1. The van der Waals surface area contributed by atoms with Crippen LogP contribution in [0.2, 0.25) is 5.02 Å². The number of hydrogen-bond donors (Lipinski definition) is 2. The van der Waals surface area contributed by atoms with E-state index in [1.807, 2.05) is 0 Å². The molecule has 1 atom stereocenters. The van der Waals surface area contributed by atoms with Gasteiger partial charge in [-0.3, -0.25) is 9.78 Å². The summed E-state index contributed by atoms with van der Waals surface area (Å²) in [7, 11) is 0. The van der Waals surface area contributed by atoms with Gasteiger partial charge in [0.1, 0.15) is 0 Å². The number of carbonyl (C=O) groups excluding carboxylic acids is 1. The number of nitrogens with one attached hydrogen (secondary N) is 1. The van der Waals surface area contributed by atoms with Gasteiger partial charge in [0.2, 0.25) is 0 Å². The van der Waals surface area contributed by atoms with Gasteiger partial charge in [-0.15, -0.1) is 0 Å². The first-order chi connectivity index (χ1) is 9.16. The average molecular weight is 277 g/mol. The number of benzene rings is 1. The van der Waals surface area contributed by atoms with Crippen molar-refractivity contribution in [2.75, 3.05) is 6.54 Å². The van der Waals surface area contributed by atoms with Crippen molar-refractivity contribution >= 4 is 17.5 Å². The first-order valence-corrected chi connectivity index (χ1v) is 6.16. The topological polar surface area (TPSA) is 62.2 Å². The first kappa shape index (κ1) is 13.5. The van der Waals surface area contributed by atoms with Gasteiger partial charge in [0.25, 0.3) is 5.91 Å². The first-order valence-electron chi connectivity index (χ1n) is 5.78. The van der Waals surface area contributed by atoms with Crippen LogP contribution in [0.15, 0.2) is 48.8 Å². The third-order valence-electron chi connectivity index (χ3n) is 2.65. The summed E-state index contributed by atoms with van der Waals surface area (Å²) in [5.74, 6) is -0.240. The van der Waals surface area contributed by atoms with E-state index >= 15 is 0 Å². The van der Waals surface area contributed by atoms with Crippen molar-refractivity contribution in [2.24, 2.45) is 0 Å². The van der Waals surface area contributed by atoms with E-state index in [1.165, 1.54) is 0 Å². The molecule has 0 saturated heterocycles. The van der Waals surface area contributed by atoms with Crippen LogP contribution in [0, 0.1) is 0 Å². The third kappa shape index (κ3) is 3.77. The van der Waals surface area contributed by atoms with Crippen LogP contribution in [0.4, 0.5) is 0 Å². The van der Waals surface area contributed by atoms with E-state index in [4.69, 9.17) is 11.6 Å². The maximum absolute atomic E-state index is 11.8. The summed E-state index contributed by atoms with van der Waals surface area (Å²) in [4.78, 5) is 15.6. The normalized spacial score (nSPS) is 11.9. The lowest BCUT2D eigenvalue weighted by molar-refractivity contribution is 0.0916. The third-order valence-corrected chi connectivity index (χ3v) is 2.91. The summed E-state index contributed by atoms with van der Waals surface area (Å²) >= 11 is 5.77. The van der Waals surface area contributed by atoms with Crippen molar-refractivity contribution in [3.63, 3.8) is 0 Å². The highest BCUT2D eigenvalue weighted by atomic mass is 35.5. The number of hydrogen-bond acceptors (Lipinski definition) is 3. The number of pyridine rings is 1. The lowest BCUT2D eigenvalue weighted by atomic mass is 10.1. The Balaban J connectivity index is 1.92. The average Bonchev–Trinajstić information content (AvgIpc) is 2.46. The molecule has 0 unspecified atom stereocenters. The zero-order chi connectivity index (χ0) is 13.7. The van der Waals surface area contributed by atoms with E-state index in [-0.39, 0.29) is 12.5 Å². The molecule has 2 aromatic rings. The fourth-order valence-electron chi connectivity index (χ4n) is 1.60. The molecule has 2 rings (SSSR count). The second-order valence-corrected chi connectivity index (χ2v) is 4.45. The number of aromatic nitrogens is 1. The van der Waals surface area contributed by atoms with Gasteiger partial charge in [-0.1, -0.05) is 23.7 Å². The molecule has 0 fully saturated rings. The number of carbonyl (C=O) groups is 1. The van der Waals surface area contributed by atoms with Crippen LogP contribution in [0.3, 0.4) is 0 Å². The molecule has 98 valence electrons. The van der Waals surface area contributed by atoms with Crippen molar-refractivity contribution in [2.45, 2.75) is 6.10 Å². The molecule has 0 aliphatic rings. The van der Waals surface area contributed by atoms with Crippen molar-refractivity contribution in [1.29, 1.82) is 0 Å². The maximum atomic E-state index is 11.8. The second-order valence-electron chi connectivity index (χ2n) is 4.01. The smallest absolute Gasteiger partial charge is 0.251 e. The minimum atomic E-state index is -0.761. The Hall–Kier alpha value is -1.91. The highest BCUT2D eigenvalue weighted by Gasteiger charge is 2.10. The quantitative estimate of drug-likeness (QED) is 0.900. The Labute approximate surface area is 116 Å². The van der Waals surface area contributed by atoms with Gasteiger partial charge >= 0.3 is 0 Å². The summed E-state index contributed by atoms with van der Waals surface area (Å²) in [6.45, 7) is 0.142. The predicted octanol–water partition coefficient (Wildman–Crippen LogP) is 2.20. The van der Waals surface area contributed by atoms with Crippen molar-refractivity contribution in [3.05, 3.63) is 64.9 Å². The van der Waals surface area contributed by atoms with Crippen LogP contribution in [-0.2, 0) is 0 Å². The van der Waals surface area contributed by atoms with E-state index in [0.29, 0.717) is 16.1 Å². The van der Waals surface area contributed by atoms with E-state index in [1.54, 1.807) is 48.8 Å². The predicted molar refractivity (Wildman–Crippen MR) is 73.0 cm³/mol. The number of amides is 1. The van der Waals surface area contributed by atoms with Crippen LogP contribution >= 0.6 is 11.6 Å². The molecule has 0 aliphatic heterocycles. The molecule has 0 aliphatic carbocycles. The monoisotopic (exact) mass is 276 g/mol. The second kappa shape index (κ2) is 6.31. The van der Waals surface area contributed by atoms with Crippen molar-refractivity contribution in [3.8, 4) is 0 Å². The molecule has 0 radical (unpaired) electrons. The van der Waals surface area contributed by atoms with Gasteiger partial charge in [-0.05, 0) is 29.8 Å². The van der Waals surface area contributed by atoms with Gasteiger partial charge in [0, 0.05) is 29.5 Å². The number of nitrogens with zero attached hydrogens (tertiary/aromatic N) is 1. The summed E-state index contributed by atoms with van der Waals surface area (Å²) in [5, 5.41) is 13.2. The molecule has 4 nitrogen and oxygen atoms in total. The largest absolute Gasteiger partial charge is 0.387 e. The fraction of sp³-hybridized carbons (Fsp3) is 0.143. The van der Waals surface area contributed by atoms with Gasteiger partial charge in [-0.25, -0.2) is 0 Å². The molecule has 0 saturated carbocycles. The highest BCUT2D eigenvalue weighted by Crippen LogP contribution is 2.15. The zero-order valence-corrected chi connectivity index (χ0v) is 10.8. The molecule has 1 heterocycles. The van der Waals surface area contributed by atoms with Crippen molar-refractivity contribution < 1.29 is 9.90 Å². The van der Waals surface area contributed by atoms with Crippen LogP contribution < -0.4 is 5.32 Å². The van der Waals surface area contributed by atoms with Crippen LogP contribution in [0.25, 0.3) is 0 Å². The molecule has 0 spiro atoms. The summed E-state index contributed by atoms with van der Waals surface area (Å²) in [5.41, 5.74) is 1.22. The Morgan fingerprint density at radius 2 is 1.84 bits per heavy atom. The van der Waals surface area contributed by atoms with E-state index < -0.39 is 6.10 Å². The molecular formula is C14H13ClN2O2. The standard InChI is InChI=1S/C14H13ClN2O2/c15-12-3-1-10(2-4-12)13(18)9-17-14(19)11-5-7-16-8-6-11/h1-8,13,18H,9H2,(H,17,19)/t13-/m0/s1. The highest BCUT2D eigenvalue weighted by molar-refractivity contribution is 6.30. The van der Waals surface area contributed by atoms with Gasteiger partial charge < -0.3 is 10.4 Å².